The lowest BCUT2D eigenvalue weighted by atomic mass is 10.1. The van der Waals surface area contributed by atoms with Gasteiger partial charge in [0.25, 0.3) is 0 Å². The predicted octanol–water partition coefficient (Wildman–Crippen LogP) is 2.80. The first-order valence-electron chi connectivity index (χ1n) is 3.48. The molecule has 0 aromatic heterocycles. The maximum atomic E-state index is 5.98. The zero-order valence-corrected chi connectivity index (χ0v) is 6.12. The second-order valence-corrected chi connectivity index (χ2v) is 3.18. The molecule has 0 aromatic rings. The molecule has 0 saturated heterocycles. The zero-order chi connectivity index (χ0) is 5.98. The molecule has 1 rings (SSSR count). The third-order valence-corrected chi connectivity index (χ3v) is 2.67. The second kappa shape index (κ2) is 2.72. The van der Waals surface area contributed by atoms with Crippen LogP contribution < -0.4 is 0 Å². The molecule has 8 heavy (non-hydrogen) atoms. The van der Waals surface area contributed by atoms with Gasteiger partial charge in [0.2, 0.25) is 0 Å². The Morgan fingerprint density at radius 2 is 2.25 bits per heavy atom. The van der Waals surface area contributed by atoms with E-state index in [1.807, 2.05) is 0 Å². The van der Waals surface area contributed by atoms with Crippen LogP contribution in [0.3, 0.4) is 0 Å². The van der Waals surface area contributed by atoms with Crippen molar-refractivity contribution in [2.24, 2.45) is 5.92 Å². The largest absolute Gasteiger partial charge is 0.123 e. The van der Waals surface area contributed by atoms with Gasteiger partial charge in [-0.1, -0.05) is 19.8 Å². The molecule has 1 aliphatic carbocycles. The van der Waals surface area contributed by atoms with Crippen LogP contribution in [-0.4, -0.2) is 5.38 Å². The summed E-state index contributed by atoms with van der Waals surface area (Å²) in [6.07, 6.45) is 5.24. The maximum Gasteiger partial charge on any atom is 0.0364 e. The minimum atomic E-state index is 0.500. The summed E-state index contributed by atoms with van der Waals surface area (Å²) in [5, 5.41) is 0.500. The molecular weight excluding hydrogens is 120 g/mol. The SMILES string of the molecule is CCC1CCCC1Cl. The highest BCUT2D eigenvalue weighted by atomic mass is 35.5. The fourth-order valence-electron chi connectivity index (χ4n) is 1.45. The van der Waals surface area contributed by atoms with Gasteiger partial charge in [0.1, 0.15) is 0 Å². The van der Waals surface area contributed by atoms with E-state index in [2.05, 4.69) is 6.92 Å². The highest BCUT2D eigenvalue weighted by Gasteiger charge is 2.22. The average Bonchev–Trinajstić information content (AvgIpc) is 2.14. The van der Waals surface area contributed by atoms with Gasteiger partial charge in [-0.15, -0.1) is 11.6 Å². The van der Waals surface area contributed by atoms with Crippen LogP contribution in [0.15, 0.2) is 0 Å². The molecule has 0 aliphatic heterocycles. The van der Waals surface area contributed by atoms with Crippen molar-refractivity contribution in [3.63, 3.8) is 0 Å². The molecule has 0 heterocycles. The molecule has 2 atom stereocenters. The Morgan fingerprint density at radius 1 is 1.50 bits per heavy atom. The monoisotopic (exact) mass is 132 g/mol. The van der Waals surface area contributed by atoms with Crippen molar-refractivity contribution < 1.29 is 0 Å². The molecule has 48 valence electrons. The second-order valence-electron chi connectivity index (χ2n) is 2.62. The number of halogens is 1. The van der Waals surface area contributed by atoms with E-state index in [0.29, 0.717) is 5.38 Å². The number of alkyl halides is 1. The summed E-state index contributed by atoms with van der Waals surface area (Å²) < 4.78 is 0. The first-order chi connectivity index (χ1) is 3.84. The van der Waals surface area contributed by atoms with E-state index in [-0.39, 0.29) is 0 Å². The summed E-state index contributed by atoms with van der Waals surface area (Å²) in [5.74, 6) is 0.830. The lowest BCUT2D eigenvalue weighted by Gasteiger charge is -2.08. The predicted molar refractivity (Wildman–Crippen MR) is 37.3 cm³/mol. The van der Waals surface area contributed by atoms with Crippen molar-refractivity contribution in [1.29, 1.82) is 0 Å². The normalized spacial score (nSPS) is 38.2. The smallest absolute Gasteiger partial charge is 0.0364 e. The molecule has 0 spiro atoms. The van der Waals surface area contributed by atoms with Gasteiger partial charge in [-0.05, 0) is 18.8 Å². The fourth-order valence-corrected chi connectivity index (χ4v) is 1.91. The van der Waals surface area contributed by atoms with Crippen molar-refractivity contribution in [2.45, 2.75) is 38.0 Å². The van der Waals surface area contributed by atoms with Crippen molar-refractivity contribution in [3.05, 3.63) is 0 Å². The van der Waals surface area contributed by atoms with Gasteiger partial charge in [-0.3, -0.25) is 0 Å². The van der Waals surface area contributed by atoms with Crippen molar-refractivity contribution in [2.75, 3.05) is 0 Å². The van der Waals surface area contributed by atoms with Gasteiger partial charge in [0, 0.05) is 5.38 Å². The molecule has 0 bridgehead atoms. The summed E-state index contributed by atoms with van der Waals surface area (Å²) in [5.41, 5.74) is 0. The lowest BCUT2D eigenvalue weighted by Crippen LogP contribution is -2.03. The third kappa shape index (κ3) is 1.17. The van der Waals surface area contributed by atoms with Gasteiger partial charge in [0.05, 0.1) is 0 Å². The molecule has 0 N–H and O–H groups in total. The van der Waals surface area contributed by atoms with Crippen LogP contribution in [0.25, 0.3) is 0 Å². The Bertz CT molecular complexity index is 70.8. The van der Waals surface area contributed by atoms with Crippen LogP contribution >= 0.6 is 11.6 Å². The molecule has 1 saturated carbocycles. The summed E-state index contributed by atoms with van der Waals surface area (Å²) in [6.45, 7) is 2.23. The first kappa shape index (κ1) is 6.41. The Balaban J connectivity index is 2.30. The quantitative estimate of drug-likeness (QED) is 0.482. The minimum absolute atomic E-state index is 0.500. The summed E-state index contributed by atoms with van der Waals surface area (Å²) in [4.78, 5) is 0. The Hall–Kier alpha value is 0.290. The summed E-state index contributed by atoms with van der Waals surface area (Å²) in [6, 6.07) is 0. The lowest BCUT2D eigenvalue weighted by molar-refractivity contribution is 0.537. The minimum Gasteiger partial charge on any atom is -0.123 e. The van der Waals surface area contributed by atoms with E-state index in [0.717, 1.165) is 5.92 Å². The van der Waals surface area contributed by atoms with Crippen LogP contribution in [0.4, 0.5) is 0 Å². The van der Waals surface area contributed by atoms with Crippen LogP contribution in [0, 0.1) is 5.92 Å². The zero-order valence-electron chi connectivity index (χ0n) is 5.36. The van der Waals surface area contributed by atoms with E-state index in [1.54, 1.807) is 0 Å². The highest BCUT2D eigenvalue weighted by Crippen LogP contribution is 2.31. The maximum absolute atomic E-state index is 5.98. The van der Waals surface area contributed by atoms with E-state index in [4.69, 9.17) is 11.6 Å². The molecule has 1 heteroatoms. The van der Waals surface area contributed by atoms with Gasteiger partial charge in [-0.25, -0.2) is 0 Å². The van der Waals surface area contributed by atoms with Crippen molar-refractivity contribution in [3.8, 4) is 0 Å². The molecule has 1 fully saturated rings. The van der Waals surface area contributed by atoms with Gasteiger partial charge in [0.15, 0.2) is 0 Å². The topological polar surface area (TPSA) is 0 Å². The van der Waals surface area contributed by atoms with Gasteiger partial charge < -0.3 is 0 Å². The number of hydrogen-bond acceptors (Lipinski definition) is 0. The van der Waals surface area contributed by atoms with Crippen molar-refractivity contribution in [1.82, 2.24) is 0 Å². The molecule has 0 amide bonds. The van der Waals surface area contributed by atoms with Crippen molar-refractivity contribution >= 4 is 11.6 Å². The fraction of sp³-hybridized carbons (Fsp3) is 1.00. The van der Waals surface area contributed by atoms with E-state index in [1.165, 1.54) is 25.7 Å². The third-order valence-electron chi connectivity index (χ3n) is 2.09. The standard InChI is InChI=1S/C7H13Cl/c1-2-6-4-3-5-7(6)8/h6-7H,2-5H2,1H3. The summed E-state index contributed by atoms with van der Waals surface area (Å²) in [7, 11) is 0. The van der Waals surface area contributed by atoms with Crippen LogP contribution in [0.2, 0.25) is 0 Å². The molecule has 0 aromatic carbocycles. The van der Waals surface area contributed by atoms with E-state index >= 15 is 0 Å². The Kier molecular flexibility index (Phi) is 2.18. The summed E-state index contributed by atoms with van der Waals surface area (Å²) >= 11 is 5.98. The molecular formula is C7H13Cl. The first-order valence-corrected chi connectivity index (χ1v) is 3.92. The average molecular weight is 133 g/mol. The molecule has 1 aliphatic rings. The highest BCUT2D eigenvalue weighted by molar-refractivity contribution is 6.20. The van der Waals surface area contributed by atoms with Crippen LogP contribution in [-0.2, 0) is 0 Å². The molecule has 2 unspecified atom stereocenters. The Morgan fingerprint density at radius 3 is 2.50 bits per heavy atom. The van der Waals surface area contributed by atoms with E-state index < -0.39 is 0 Å². The van der Waals surface area contributed by atoms with Crippen LogP contribution in [0.1, 0.15) is 32.6 Å². The number of hydrogen-bond donors (Lipinski definition) is 0. The Labute approximate surface area is 56.2 Å². The van der Waals surface area contributed by atoms with Gasteiger partial charge in [-0.2, -0.15) is 0 Å². The van der Waals surface area contributed by atoms with Gasteiger partial charge >= 0.3 is 0 Å². The van der Waals surface area contributed by atoms with E-state index in [9.17, 15) is 0 Å². The number of rotatable bonds is 1. The van der Waals surface area contributed by atoms with Crippen LogP contribution in [0.5, 0.6) is 0 Å². The molecule has 0 nitrogen and oxygen atoms in total. The molecule has 0 radical (unpaired) electrons.